The number of fused-ring (bicyclic) bond motifs is 1. The number of carbonyl (C=O) groups is 1. The molecule has 3 heterocycles. The average molecular weight is 587 g/mol. The first kappa shape index (κ1) is 29.2. The summed E-state index contributed by atoms with van der Waals surface area (Å²) in [5.74, 6) is 0.843. The van der Waals surface area contributed by atoms with Gasteiger partial charge in [0, 0.05) is 35.5 Å². The summed E-state index contributed by atoms with van der Waals surface area (Å²) in [5.41, 5.74) is 10.2. The molecule has 42 heavy (non-hydrogen) atoms. The quantitative estimate of drug-likeness (QED) is 0.179. The van der Waals surface area contributed by atoms with Crippen LogP contribution in [0.4, 0.5) is 22.7 Å². The largest absolute Gasteiger partial charge is 0.492 e. The molecule has 2 aromatic carbocycles. The minimum Gasteiger partial charge on any atom is -0.492 e. The zero-order valence-electron chi connectivity index (χ0n) is 23.8. The molecule has 0 saturated carbocycles. The number of aromatic nitrogens is 2. The highest BCUT2D eigenvalue weighted by molar-refractivity contribution is 6.32. The molecule has 2 aromatic heterocycles. The van der Waals surface area contributed by atoms with E-state index in [2.05, 4.69) is 32.5 Å². The minimum absolute atomic E-state index is 0.228. The smallest absolute Gasteiger partial charge is 0.248 e. The molecule has 5 rings (SSSR count). The Hall–Kier alpha value is -4.34. The normalized spacial score (nSPS) is 15.5. The van der Waals surface area contributed by atoms with E-state index in [1.165, 1.54) is 6.42 Å². The van der Waals surface area contributed by atoms with Gasteiger partial charge in [-0.1, -0.05) is 30.2 Å². The summed E-state index contributed by atoms with van der Waals surface area (Å²) < 4.78 is 11.7. The second-order valence-corrected chi connectivity index (χ2v) is 10.6. The van der Waals surface area contributed by atoms with E-state index in [0.717, 1.165) is 30.5 Å². The number of piperidine rings is 1. The number of benzene rings is 2. The molecule has 218 valence electrons. The topological polar surface area (TPSA) is 115 Å². The third-order valence-electron chi connectivity index (χ3n) is 7.16. The lowest BCUT2D eigenvalue weighted by molar-refractivity contribution is -0.112. The Kier molecular flexibility index (Phi) is 9.41. The number of likely N-dealkylation sites (tertiary alicyclic amines) is 1. The number of amides is 1. The molecule has 0 bridgehead atoms. The van der Waals surface area contributed by atoms with Crippen LogP contribution in [0.5, 0.6) is 11.5 Å². The van der Waals surface area contributed by atoms with Gasteiger partial charge in [0.05, 0.1) is 46.1 Å². The third-order valence-corrected chi connectivity index (χ3v) is 7.45. The standard InChI is InChI=1S/C32H35ClN6O3/c1-3-41-30-18-27-24(17-28(30)38-31(40)13-11-23-9-5-7-15-39(23)2)32(26(34)19-36-27)37-21-10-12-29(25(33)16-21)42-20-22-8-4-6-14-35-22/h4,6,8,10-14,16-19,23H,3,5,7,9,15,20,34H2,1-2H3,(H,36,37)(H,38,40)/b13-11+. The van der Waals surface area contributed by atoms with E-state index >= 15 is 0 Å². The van der Waals surface area contributed by atoms with Crippen LogP contribution in [0.15, 0.2) is 73.1 Å². The summed E-state index contributed by atoms with van der Waals surface area (Å²) in [6, 6.07) is 15.0. The Balaban J connectivity index is 1.38. The second kappa shape index (κ2) is 13.5. The fourth-order valence-corrected chi connectivity index (χ4v) is 5.17. The molecule has 1 atom stereocenters. The van der Waals surface area contributed by atoms with Gasteiger partial charge in [-0.2, -0.15) is 0 Å². The first-order valence-electron chi connectivity index (χ1n) is 14.0. The summed E-state index contributed by atoms with van der Waals surface area (Å²) in [6.07, 6.45) is 10.3. The fraction of sp³-hybridized carbons (Fsp3) is 0.281. The SMILES string of the molecule is CCOc1cc2ncc(N)c(Nc3ccc(OCc4ccccn4)c(Cl)c3)c2cc1NC(=O)/C=C/C1CCCCN1C. The molecule has 0 radical (unpaired) electrons. The van der Waals surface area contributed by atoms with Gasteiger partial charge in [-0.25, -0.2) is 0 Å². The molecule has 4 N–H and O–H groups in total. The molecule has 1 aliphatic heterocycles. The first-order chi connectivity index (χ1) is 20.4. The maximum absolute atomic E-state index is 13.0. The number of nitrogens with one attached hydrogen (secondary N) is 2. The molecule has 1 unspecified atom stereocenters. The third kappa shape index (κ3) is 7.10. The van der Waals surface area contributed by atoms with E-state index in [1.807, 2.05) is 43.3 Å². The van der Waals surface area contributed by atoms with Gasteiger partial charge in [0.2, 0.25) is 5.91 Å². The van der Waals surface area contributed by atoms with E-state index in [0.29, 0.717) is 58.0 Å². The average Bonchev–Trinajstić information content (AvgIpc) is 2.99. The van der Waals surface area contributed by atoms with Gasteiger partial charge in [0.1, 0.15) is 18.1 Å². The number of likely N-dealkylation sites (N-methyl/N-ethyl adjacent to an activating group) is 1. The summed E-state index contributed by atoms with van der Waals surface area (Å²) in [5, 5.41) is 7.52. The second-order valence-electron chi connectivity index (χ2n) is 10.2. The number of anilines is 4. The van der Waals surface area contributed by atoms with Crippen molar-refractivity contribution in [2.75, 3.05) is 36.6 Å². The molecular weight excluding hydrogens is 552 g/mol. The van der Waals surface area contributed by atoms with E-state index < -0.39 is 0 Å². The van der Waals surface area contributed by atoms with Crippen molar-refractivity contribution in [1.82, 2.24) is 14.9 Å². The zero-order chi connectivity index (χ0) is 29.5. The molecular formula is C32H35ClN6O3. The predicted molar refractivity (Wildman–Crippen MR) is 169 cm³/mol. The van der Waals surface area contributed by atoms with Crippen LogP contribution in [0.1, 0.15) is 31.9 Å². The van der Waals surface area contributed by atoms with Crippen LogP contribution in [0, 0.1) is 0 Å². The van der Waals surface area contributed by atoms with Gasteiger partial charge in [-0.3, -0.25) is 19.7 Å². The number of hydrogen-bond donors (Lipinski definition) is 3. The zero-order valence-corrected chi connectivity index (χ0v) is 24.5. The Labute approximate surface area is 250 Å². The van der Waals surface area contributed by atoms with Crippen molar-refractivity contribution in [2.45, 2.75) is 38.8 Å². The van der Waals surface area contributed by atoms with E-state index in [4.69, 9.17) is 26.8 Å². The molecule has 1 amide bonds. The van der Waals surface area contributed by atoms with Gasteiger partial charge in [0.25, 0.3) is 0 Å². The van der Waals surface area contributed by atoms with Crippen molar-refractivity contribution in [3.05, 3.63) is 83.8 Å². The predicted octanol–water partition coefficient (Wildman–Crippen LogP) is 6.57. The Bertz CT molecular complexity index is 1580. The van der Waals surface area contributed by atoms with Gasteiger partial charge in [-0.15, -0.1) is 0 Å². The molecule has 0 spiro atoms. The number of rotatable bonds is 10. The molecule has 9 nitrogen and oxygen atoms in total. The molecule has 1 fully saturated rings. The monoisotopic (exact) mass is 586 g/mol. The number of nitrogen functional groups attached to an aromatic ring is 1. The van der Waals surface area contributed by atoms with Crippen LogP contribution >= 0.6 is 11.6 Å². The maximum Gasteiger partial charge on any atom is 0.248 e. The Morgan fingerprint density at radius 1 is 1.14 bits per heavy atom. The molecule has 0 aliphatic carbocycles. The van der Waals surface area contributed by atoms with Crippen LogP contribution in [0.3, 0.4) is 0 Å². The number of nitrogens with zero attached hydrogens (tertiary/aromatic N) is 3. The van der Waals surface area contributed by atoms with Crippen LogP contribution < -0.4 is 25.8 Å². The lowest BCUT2D eigenvalue weighted by Crippen LogP contribution is -2.34. The number of carbonyl (C=O) groups excluding carboxylic acids is 1. The van der Waals surface area contributed by atoms with E-state index in [-0.39, 0.29) is 11.9 Å². The van der Waals surface area contributed by atoms with Gasteiger partial charge < -0.3 is 25.8 Å². The van der Waals surface area contributed by atoms with E-state index in [9.17, 15) is 4.79 Å². The number of pyridine rings is 2. The summed E-state index contributed by atoms with van der Waals surface area (Å²) in [4.78, 5) is 24.0. The van der Waals surface area contributed by atoms with Crippen LogP contribution in [-0.2, 0) is 11.4 Å². The fourth-order valence-electron chi connectivity index (χ4n) is 4.94. The van der Waals surface area contributed by atoms with Crippen LogP contribution in [0.25, 0.3) is 10.9 Å². The van der Waals surface area contributed by atoms with Crippen molar-refractivity contribution < 1.29 is 14.3 Å². The van der Waals surface area contributed by atoms with Crippen molar-refractivity contribution in [1.29, 1.82) is 0 Å². The Morgan fingerprint density at radius 2 is 2.02 bits per heavy atom. The lowest BCUT2D eigenvalue weighted by atomic mass is 10.0. The highest BCUT2D eigenvalue weighted by Crippen LogP contribution is 2.38. The van der Waals surface area contributed by atoms with Crippen molar-refractivity contribution in [3.8, 4) is 11.5 Å². The minimum atomic E-state index is -0.228. The summed E-state index contributed by atoms with van der Waals surface area (Å²) >= 11 is 6.55. The highest BCUT2D eigenvalue weighted by Gasteiger charge is 2.18. The maximum atomic E-state index is 13.0. The highest BCUT2D eigenvalue weighted by atomic mass is 35.5. The molecule has 4 aromatic rings. The molecule has 10 heteroatoms. The number of hydrogen-bond acceptors (Lipinski definition) is 8. The van der Waals surface area contributed by atoms with Gasteiger partial charge >= 0.3 is 0 Å². The lowest BCUT2D eigenvalue weighted by Gasteiger charge is -2.30. The molecule has 1 saturated heterocycles. The van der Waals surface area contributed by atoms with Crippen molar-refractivity contribution in [3.63, 3.8) is 0 Å². The van der Waals surface area contributed by atoms with Crippen molar-refractivity contribution >= 4 is 51.2 Å². The summed E-state index contributed by atoms with van der Waals surface area (Å²) in [6.45, 7) is 3.67. The van der Waals surface area contributed by atoms with Crippen molar-refractivity contribution in [2.24, 2.45) is 0 Å². The number of ether oxygens (including phenoxy) is 2. The van der Waals surface area contributed by atoms with Crippen LogP contribution in [-0.4, -0.2) is 47.0 Å². The number of halogens is 1. The summed E-state index contributed by atoms with van der Waals surface area (Å²) in [7, 11) is 2.09. The number of nitrogens with two attached hydrogens (primary N) is 1. The first-order valence-corrected chi connectivity index (χ1v) is 14.4. The van der Waals surface area contributed by atoms with Gasteiger partial charge in [0.15, 0.2) is 0 Å². The van der Waals surface area contributed by atoms with Gasteiger partial charge in [-0.05, 0) is 69.8 Å². The molecule has 1 aliphatic rings. The Morgan fingerprint density at radius 3 is 2.79 bits per heavy atom. The van der Waals surface area contributed by atoms with Crippen LogP contribution in [0.2, 0.25) is 5.02 Å². The van der Waals surface area contributed by atoms with E-state index in [1.54, 1.807) is 36.7 Å².